The van der Waals surface area contributed by atoms with Gasteiger partial charge in [0.15, 0.2) is 11.4 Å². The Hall–Kier alpha value is -3.31. The van der Waals surface area contributed by atoms with Crippen molar-refractivity contribution in [2.45, 2.75) is 87.1 Å². The molecule has 1 aromatic rings. The van der Waals surface area contributed by atoms with Crippen LogP contribution in [-0.2, 0) is 23.9 Å². The van der Waals surface area contributed by atoms with Gasteiger partial charge >= 0.3 is 5.97 Å². The number of amides is 1. The molecule has 5 aliphatic rings. The molecule has 1 aromatic carbocycles. The highest BCUT2D eigenvalue weighted by Gasteiger charge is 2.66. The fraction of sp³-hybridized carbons (Fsp3) is 0.562. The number of aromatic hydroxyl groups is 1. The third-order valence-corrected chi connectivity index (χ3v) is 11.6. The van der Waals surface area contributed by atoms with Crippen LogP contribution in [0.4, 0.5) is 0 Å². The number of aliphatic hydroxyl groups excluding tert-OH is 2. The van der Waals surface area contributed by atoms with Crippen molar-refractivity contribution in [1.82, 2.24) is 0 Å². The summed E-state index contributed by atoms with van der Waals surface area (Å²) in [6.45, 7) is 0. The number of primary amides is 1. The van der Waals surface area contributed by atoms with Gasteiger partial charge in [-0.15, -0.1) is 0 Å². The van der Waals surface area contributed by atoms with E-state index in [9.17, 15) is 39.6 Å². The maximum absolute atomic E-state index is 14.3. The number of hydrogen-bond donors (Lipinski definition) is 5. The number of phenolic OH excluding ortho intramolecular Hbond substituents is 1. The number of ether oxygens (including phenoxy) is 1. The lowest BCUT2D eigenvalue weighted by atomic mass is 9.55. The van der Waals surface area contributed by atoms with Crippen molar-refractivity contribution in [3.63, 3.8) is 0 Å². The van der Waals surface area contributed by atoms with Crippen molar-refractivity contribution in [1.29, 1.82) is 0 Å². The first-order valence-electron chi connectivity index (χ1n) is 15.2. The zero-order valence-corrected chi connectivity index (χ0v) is 24.6. The summed E-state index contributed by atoms with van der Waals surface area (Å²) in [4.78, 5) is 53.3. The van der Waals surface area contributed by atoms with Gasteiger partial charge in [-0.1, -0.05) is 44.2 Å². The fourth-order valence-electron chi connectivity index (χ4n) is 7.96. The van der Waals surface area contributed by atoms with Gasteiger partial charge in [-0.3, -0.25) is 19.2 Å². The molecule has 0 unspecified atom stereocenters. The Labute approximate surface area is 253 Å². The molecule has 0 heterocycles. The summed E-state index contributed by atoms with van der Waals surface area (Å²) in [6, 6.07) is 4.77. The van der Waals surface area contributed by atoms with Crippen molar-refractivity contribution < 1.29 is 44.3 Å². The highest BCUT2D eigenvalue weighted by atomic mass is 32.2. The second kappa shape index (κ2) is 11.3. The van der Waals surface area contributed by atoms with Crippen LogP contribution in [0.1, 0.15) is 81.3 Å². The minimum atomic E-state index is -2.86. The van der Waals surface area contributed by atoms with Crippen LogP contribution < -0.4 is 5.73 Å². The number of esters is 1. The smallest absolute Gasteiger partial charge is 0.309 e. The van der Waals surface area contributed by atoms with E-state index in [0.29, 0.717) is 29.4 Å². The number of carbonyl (C=O) groups is 4. The van der Waals surface area contributed by atoms with E-state index in [-0.39, 0.29) is 16.9 Å². The first-order chi connectivity index (χ1) is 20.6. The monoisotopic (exact) mass is 611 g/mol. The SMILES string of the molecule is NC(=O)C1=C(O)[C@@]2(O)C(=O)C3=C(O)c4c(O)cccc4[C@H](CSC4CCCC4)[C@H]3[C@H](OC(=O)C3CCCCC3)[C@H]2CC1=O. The Kier molecular flexibility index (Phi) is 7.83. The molecule has 0 saturated heterocycles. The number of thioether (sulfide) groups is 1. The Morgan fingerprint density at radius 1 is 1.00 bits per heavy atom. The zero-order valence-electron chi connectivity index (χ0n) is 23.8. The van der Waals surface area contributed by atoms with Crippen molar-refractivity contribution in [2.75, 3.05) is 5.75 Å². The number of phenols is 1. The average Bonchev–Trinajstić information content (AvgIpc) is 3.50. The zero-order chi connectivity index (χ0) is 30.6. The van der Waals surface area contributed by atoms with Gasteiger partial charge in [0.1, 0.15) is 28.9 Å². The highest BCUT2D eigenvalue weighted by molar-refractivity contribution is 7.99. The van der Waals surface area contributed by atoms with E-state index in [1.807, 2.05) is 0 Å². The molecule has 0 aromatic heterocycles. The van der Waals surface area contributed by atoms with Crippen LogP contribution in [0.25, 0.3) is 5.76 Å². The molecule has 0 bridgehead atoms. The lowest BCUT2D eigenvalue weighted by molar-refractivity contribution is -0.182. The Morgan fingerprint density at radius 3 is 2.35 bits per heavy atom. The summed E-state index contributed by atoms with van der Waals surface area (Å²) in [5.41, 5.74) is 1.90. The average molecular weight is 612 g/mol. The molecular formula is C32H37NO9S. The molecule has 10 nitrogen and oxygen atoms in total. The summed E-state index contributed by atoms with van der Waals surface area (Å²) in [5, 5.41) is 46.0. The van der Waals surface area contributed by atoms with E-state index in [4.69, 9.17) is 10.5 Å². The first kappa shape index (κ1) is 29.7. The lowest BCUT2D eigenvalue weighted by Crippen LogP contribution is -2.65. The van der Waals surface area contributed by atoms with Crippen LogP contribution >= 0.6 is 11.8 Å². The molecule has 3 saturated carbocycles. The topological polar surface area (TPSA) is 184 Å². The van der Waals surface area contributed by atoms with Gasteiger partial charge in [0.2, 0.25) is 5.78 Å². The summed E-state index contributed by atoms with van der Waals surface area (Å²) >= 11 is 1.71. The van der Waals surface area contributed by atoms with Gasteiger partial charge in [0.05, 0.1) is 11.5 Å². The van der Waals surface area contributed by atoms with Crippen molar-refractivity contribution >= 4 is 41.0 Å². The van der Waals surface area contributed by atoms with Crippen molar-refractivity contribution in [3.05, 3.63) is 46.2 Å². The molecule has 11 heteroatoms. The maximum atomic E-state index is 14.3. The predicted molar refractivity (Wildman–Crippen MR) is 157 cm³/mol. The molecule has 6 N–H and O–H groups in total. The van der Waals surface area contributed by atoms with E-state index in [2.05, 4.69) is 0 Å². The minimum absolute atomic E-state index is 0.0315. The van der Waals surface area contributed by atoms with Gasteiger partial charge in [-0.2, -0.15) is 11.8 Å². The van der Waals surface area contributed by atoms with E-state index in [1.165, 1.54) is 6.07 Å². The molecule has 1 amide bonds. The quantitative estimate of drug-likeness (QED) is 0.234. The van der Waals surface area contributed by atoms with Gasteiger partial charge < -0.3 is 30.9 Å². The lowest BCUT2D eigenvalue weighted by Gasteiger charge is -2.52. The number of fused-ring (bicyclic) bond motifs is 3. The van der Waals surface area contributed by atoms with E-state index in [1.54, 1.807) is 23.9 Å². The number of nitrogens with two attached hydrogens (primary N) is 1. The highest BCUT2D eigenvalue weighted by Crippen LogP contribution is 2.57. The number of aliphatic hydroxyl groups is 3. The number of benzene rings is 1. The van der Waals surface area contributed by atoms with Crippen molar-refractivity contribution in [2.24, 2.45) is 23.5 Å². The summed E-state index contributed by atoms with van der Waals surface area (Å²) in [5.74, 6) is -8.79. The molecule has 5 aliphatic carbocycles. The standard InChI is InChI=1S/C32H37NO9S/c33-30(39)24-21(35)13-19-27(42-31(40)15-7-2-1-3-8-15)23-18(14-43-16-9-4-5-10-16)17-11-6-12-20(34)22(17)26(36)25(23)29(38)32(19,41)28(24)37/h6,11-12,15-16,18-19,23,27,34,36-37,41H,1-5,7-10,13-14H2,(H2,33,39)/t18-,19+,23+,27+,32+/m0/s1. The van der Waals surface area contributed by atoms with Crippen molar-refractivity contribution in [3.8, 4) is 5.75 Å². The van der Waals surface area contributed by atoms with Crippen LogP contribution in [0.2, 0.25) is 0 Å². The number of carbonyl (C=O) groups excluding carboxylic acids is 4. The molecule has 230 valence electrons. The minimum Gasteiger partial charge on any atom is -0.508 e. The molecule has 3 fully saturated rings. The van der Waals surface area contributed by atoms with Crippen LogP contribution in [0.15, 0.2) is 35.1 Å². The largest absolute Gasteiger partial charge is 0.508 e. The summed E-state index contributed by atoms with van der Waals surface area (Å²) in [6.07, 6.45) is 6.34. The fourth-order valence-corrected chi connectivity index (χ4v) is 9.50. The molecule has 0 aliphatic heterocycles. The molecule has 5 atom stereocenters. The van der Waals surface area contributed by atoms with Crippen LogP contribution in [0.3, 0.4) is 0 Å². The number of hydrogen-bond acceptors (Lipinski definition) is 10. The summed E-state index contributed by atoms with van der Waals surface area (Å²) in [7, 11) is 0. The number of ketones is 2. The number of Topliss-reactive ketones (excluding diaryl/α,β-unsaturated/α-hetero) is 2. The van der Waals surface area contributed by atoms with Gasteiger partial charge in [0, 0.05) is 40.8 Å². The predicted octanol–water partition coefficient (Wildman–Crippen LogP) is 3.74. The van der Waals surface area contributed by atoms with Crippen LogP contribution in [-0.4, -0.2) is 66.6 Å². The Balaban J connectivity index is 1.53. The van der Waals surface area contributed by atoms with Gasteiger partial charge in [-0.05, 0) is 37.3 Å². The van der Waals surface area contributed by atoms with E-state index in [0.717, 1.165) is 44.9 Å². The summed E-state index contributed by atoms with van der Waals surface area (Å²) < 4.78 is 6.20. The molecule has 0 spiro atoms. The third-order valence-electron chi connectivity index (χ3n) is 10.1. The normalized spacial score (nSPS) is 31.5. The van der Waals surface area contributed by atoms with Crippen LogP contribution in [0, 0.1) is 17.8 Å². The molecular weight excluding hydrogens is 574 g/mol. The third kappa shape index (κ3) is 4.75. The molecule has 6 rings (SSSR count). The second-order valence-electron chi connectivity index (χ2n) is 12.5. The van der Waals surface area contributed by atoms with E-state index >= 15 is 0 Å². The Bertz CT molecular complexity index is 1440. The first-order valence-corrected chi connectivity index (χ1v) is 16.2. The van der Waals surface area contributed by atoms with Gasteiger partial charge in [-0.25, -0.2) is 0 Å². The van der Waals surface area contributed by atoms with Gasteiger partial charge in [0.25, 0.3) is 5.91 Å². The van der Waals surface area contributed by atoms with E-state index < -0.39 is 82.3 Å². The molecule has 0 radical (unpaired) electrons. The second-order valence-corrected chi connectivity index (χ2v) is 13.9. The Morgan fingerprint density at radius 2 is 1.67 bits per heavy atom. The molecule has 43 heavy (non-hydrogen) atoms. The maximum Gasteiger partial charge on any atom is 0.309 e. The van der Waals surface area contributed by atoms with Crippen LogP contribution in [0.5, 0.6) is 5.75 Å². The number of rotatable bonds is 6.